The van der Waals surface area contributed by atoms with Crippen molar-refractivity contribution >= 4 is 11.7 Å². The van der Waals surface area contributed by atoms with Crippen LogP contribution in [-0.2, 0) is 4.79 Å². The Morgan fingerprint density at radius 1 is 1.67 bits per heavy atom. The van der Waals surface area contributed by atoms with Gasteiger partial charge in [0.05, 0.1) is 5.69 Å². The molecule has 0 aliphatic heterocycles. The third-order valence-corrected chi connectivity index (χ3v) is 1.59. The number of hydrogen-bond donors (Lipinski definition) is 3. The summed E-state index contributed by atoms with van der Waals surface area (Å²) in [6.07, 6.45) is 3.45. The molecule has 66 valence electrons. The van der Waals surface area contributed by atoms with Crippen molar-refractivity contribution in [3.63, 3.8) is 0 Å². The predicted molar refractivity (Wildman–Crippen MR) is 46.1 cm³/mol. The van der Waals surface area contributed by atoms with Crippen LogP contribution in [-0.4, -0.2) is 21.6 Å². The van der Waals surface area contributed by atoms with E-state index in [1.165, 1.54) is 0 Å². The van der Waals surface area contributed by atoms with Crippen LogP contribution in [0.1, 0.15) is 13.8 Å². The first kappa shape index (κ1) is 8.64. The topological polar surface area (TPSA) is 65.1 Å². The number of carbonyl (C=O) groups is 1. The average molecular weight is 168 g/mol. The van der Waals surface area contributed by atoms with Gasteiger partial charge in [0.1, 0.15) is 5.54 Å². The molecular weight excluding hydrogens is 156 g/mol. The maximum absolute atomic E-state index is 10.7. The molecule has 1 aromatic heterocycles. The highest BCUT2D eigenvalue weighted by Gasteiger charge is 2.26. The minimum atomic E-state index is -0.928. The van der Waals surface area contributed by atoms with Crippen LogP contribution in [0.2, 0.25) is 0 Å². The third-order valence-electron chi connectivity index (χ3n) is 1.59. The number of H-pyrrole nitrogens is 1. The molecule has 1 aromatic rings. The molecule has 0 saturated carbocycles. The van der Waals surface area contributed by atoms with E-state index in [4.69, 9.17) is 5.11 Å². The quantitative estimate of drug-likeness (QED) is 0.637. The first-order valence-corrected chi connectivity index (χ1v) is 3.67. The van der Waals surface area contributed by atoms with E-state index in [1.807, 2.05) is 0 Å². The average Bonchev–Trinajstić information content (AvgIpc) is 2.38. The van der Waals surface area contributed by atoms with Gasteiger partial charge in [-0.2, -0.15) is 0 Å². The van der Waals surface area contributed by atoms with Gasteiger partial charge in [-0.3, -0.25) is 0 Å². The smallest absolute Gasteiger partial charge is 0.328 e. The highest BCUT2D eigenvalue weighted by atomic mass is 16.4. The lowest BCUT2D eigenvalue weighted by Gasteiger charge is -2.21. The Hall–Kier alpha value is -1.45. The summed E-state index contributed by atoms with van der Waals surface area (Å²) in [6, 6.07) is 1.78. The van der Waals surface area contributed by atoms with Gasteiger partial charge in [-0.05, 0) is 19.9 Å². The Morgan fingerprint density at radius 2 is 2.33 bits per heavy atom. The lowest BCUT2D eigenvalue weighted by molar-refractivity contribution is -0.141. The van der Waals surface area contributed by atoms with Gasteiger partial charge in [-0.15, -0.1) is 0 Å². The first-order valence-electron chi connectivity index (χ1n) is 3.67. The van der Waals surface area contributed by atoms with Gasteiger partial charge in [0.25, 0.3) is 0 Å². The maximum Gasteiger partial charge on any atom is 0.328 e. The predicted octanol–water partition coefficient (Wildman–Crippen LogP) is 1.29. The van der Waals surface area contributed by atoms with E-state index in [2.05, 4.69) is 10.3 Å². The highest BCUT2D eigenvalue weighted by Crippen LogP contribution is 2.13. The second-order valence-electron chi connectivity index (χ2n) is 3.15. The fourth-order valence-electron chi connectivity index (χ4n) is 0.816. The molecule has 0 amide bonds. The lowest BCUT2D eigenvalue weighted by atomic mass is 10.1. The number of carboxylic acid groups (broad SMARTS) is 1. The summed E-state index contributed by atoms with van der Waals surface area (Å²) in [5.41, 5.74) is -0.148. The molecule has 4 heteroatoms. The number of aliphatic carboxylic acids is 1. The van der Waals surface area contributed by atoms with Gasteiger partial charge < -0.3 is 15.4 Å². The number of carboxylic acids is 1. The number of anilines is 1. The minimum absolute atomic E-state index is 0.780. The summed E-state index contributed by atoms with van der Waals surface area (Å²) < 4.78 is 0. The maximum atomic E-state index is 10.7. The van der Waals surface area contributed by atoms with Crippen molar-refractivity contribution in [3.05, 3.63) is 18.5 Å². The molecule has 0 spiro atoms. The number of aromatic amines is 1. The van der Waals surface area contributed by atoms with Gasteiger partial charge in [0, 0.05) is 12.4 Å². The van der Waals surface area contributed by atoms with Crippen LogP contribution >= 0.6 is 0 Å². The van der Waals surface area contributed by atoms with Gasteiger partial charge in [-0.1, -0.05) is 0 Å². The summed E-state index contributed by atoms with van der Waals surface area (Å²) in [4.78, 5) is 13.5. The molecular formula is C8H12N2O2. The Balaban J connectivity index is 2.69. The van der Waals surface area contributed by atoms with Crippen molar-refractivity contribution in [1.82, 2.24) is 4.98 Å². The second-order valence-corrected chi connectivity index (χ2v) is 3.15. The summed E-state index contributed by atoms with van der Waals surface area (Å²) in [6.45, 7) is 3.23. The molecule has 12 heavy (non-hydrogen) atoms. The highest BCUT2D eigenvalue weighted by molar-refractivity contribution is 5.81. The van der Waals surface area contributed by atoms with Crippen molar-refractivity contribution in [3.8, 4) is 0 Å². The summed E-state index contributed by atoms with van der Waals surface area (Å²) in [7, 11) is 0. The normalized spacial score (nSPS) is 11.2. The molecule has 0 saturated heterocycles. The van der Waals surface area contributed by atoms with Crippen molar-refractivity contribution in [2.45, 2.75) is 19.4 Å². The number of aromatic nitrogens is 1. The molecule has 1 rings (SSSR count). The molecule has 4 nitrogen and oxygen atoms in total. The van der Waals surface area contributed by atoms with Gasteiger partial charge >= 0.3 is 5.97 Å². The van der Waals surface area contributed by atoms with Crippen LogP contribution in [0.3, 0.4) is 0 Å². The molecule has 0 bridgehead atoms. The van der Waals surface area contributed by atoms with E-state index in [0.29, 0.717) is 0 Å². The van der Waals surface area contributed by atoms with Crippen LogP contribution in [0.15, 0.2) is 18.5 Å². The van der Waals surface area contributed by atoms with Crippen LogP contribution < -0.4 is 5.32 Å². The first-order chi connectivity index (χ1) is 5.52. The zero-order valence-electron chi connectivity index (χ0n) is 7.09. The van der Waals surface area contributed by atoms with Crippen LogP contribution in [0, 0.1) is 0 Å². The number of nitrogens with one attached hydrogen (secondary N) is 2. The van der Waals surface area contributed by atoms with E-state index in [-0.39, 0.29) is 0 Å². The zero-order valence-corrected chi connectivity index (χ0v) is 7.09. The van der Waals surface area contributed by atoms with Crippen LogP contribution in [0.25, 0.3) is 0 Å². The van der Waals surface area contributed by atoms with Crippen molar-refractivity contribution in [2.24, 2.45) is 0 Å². The Morgan fingerprint density at radius 3 is 2.75 bits per heavy atom. The molecule has 3 N–H and O–H groups in total. The molecule has 0 aromatic carbocycles. The number of hydrogen-bond acceptors (Lipinski definition) is 2. The summed E-state index contributed by atoms with van der Waals surface area (Å²) in [5, 5.41) is 11.6. The minimum Gasteiger partial charge on any atom is -0.480 e. The summed E-state index contributed by atoms with van der Waals surface area (Å²) >= 11 is 0. The largest absolute Gasteiger partial charge is 0.480 e. The van der Waals surface area contributed by atoms with E-state index >= 15 is 0 Å². The molecule has 1 heterocycles. The fraction of sp³-hybridized carbons (Fsp3) is 0.375. The van der Waals surface area contributed by atoms with Crippen molar-refractivity contribution < 1.29 is 9.90 Å². The van der Waals surface area contributed by atoms with Crippen LogP contribution in [0.4, 0.5) is 5.69 Å². The molecule has 0 fully saturated rings. The zero-order chi connectivity index (χ0) is 9.19. The van der Waals surface area contributed by atoms with Gasteiger partial charge in [0.15, 0.2) is 0 Å². The van der Waals surface area contributed by atoms with Crippen LogP contribution in [0.5, 0.6) is 0 Å². The van der Waals surface area contributed by atoms with Crippen molar-refractivity contribution in [1.29, 1.82) is 0 Å². The van der Waals surface area contributed by atoms with E-state index < -0.39 is 11.5 Å². The summed E-state index contributed by atoms with van der Waals surface area (Å²) in [5.74, 6) is -0.872. The van der Waals surface area contributed by atoms with Gasteiger partial charge in [-0.25, -0.2) is 4.79 Å². The molecule has 0 aliphatic rings. The Kier molecular flexibility index (Phi) is 2.08. The third kappa shape index (κ3) is 1.78. The molecule has 0 radical (unpaired) electrons. The standard InChI is InChI=1S/C8H12N2O2/c1-8(2,7(11)12)10-6-3-4-9-5-6/h3-5,9-10H,1-2H3,(H,11,12). The van der Waals surface area contributed by atoms with E-state index in [1.54, 1.807) is 32.3 Å². The molecule has 0 aliphatic carbocycles. The molecule has 0 atom stereocenters. The van der Waals surface area contributed by atoms with Gasteiger partial charge in [0.2, 0.25) is 0 Å². The lowest BCUT2D eigenvalue weighted by Crippen LogP contribution is -2.39. The second kappa shape index (κ2) is 2.89. The fourth-order valence-corrected chi connectivity index (χ4v) is 0.816. The van der Waals surface area contributed by atoms with Crippen molar-refractivity contribution in [2.75, 3.05) is 5.32 Å². The molecule has 0 unspecified atom stereocenters. The Labute approximate surface area is 70.6 Å². The Bertz CT molecular complexity index is 265. The number of rotatable bonds is 3. The SMILES string of the molecule is CC(C)(Nc1cc[nH]c1)C(=O)O. The van der Waals surface area contributed by atoms with E-state index in [0.717, 1.165) is 5.69 Å². The van der Waals surface area contributed by atoms with E-state index in [9.17, 15) is 4.79 Å². The monoisotopic (exact) mass is 168 g/mol.